The highest BCUT2D eigenvalue weighted by Crippen LogP contribution is 2.23. The maximum absolute atomic E-state index is 13.0. The average Bonchev–Trinajstić information content (AvgIpc) is 3.07. The molecule has 168 valence electrons. The highest BCUT2D eigenvalue weighted by atomic mass is 35.5. The van der Waals surface area contributed by atoms with Crippen molar-refractivity contribution in [1.29, 1.82) is 0 Å². The summed E-state index contributed by atoms with van der Waals surface area (Å²) in [6.07, 6.45) is 0. The number of halogens is 1. The zero-order valence-corrected chi connectivity index (χ0v) is 19.7. The van der Waals surface area contributed by atoms with Gasteiger partial charge in [-0.25, -0.2) is 0 Å². The zero-order chi connectivity index (χ0) is 23.4. The molecule has 0 saturated carbocycles. The van der Waals surface area contributed by atoms with Crippen LogP contribution in [0.1, 0.15) is 38.4 Å². The number of anilines is 1. The minimum absolute atomic E-state index is 0.176. The molecule has 0 spiro atoms. The average molecular weight is 460 g/mol. The first-order chi connectivity index (χ1) is 15.9. The van der Waals surface area contributed by atoms with E-state index in [9.17, 15) is 4.79 Å². The van der Waals surface area contributed by atoms with Gasteiger partial charge in [-0.15, -0.1) is 0 Å². The number of aryl methyl sites for hydroxylation is 2. The Hall–Kier alpha value is -3.57. The van der Waals surface area contributed by atoms with Crippen molar-refractivity contribution in [3.05, 3.63) is 111 Å². The van der Waals surface area contributed by atoms with E-state index >= 15 is 0 Å². The Bertz CT molecular complexity index is 1280. The molecule has 6 heteroatoms. The summed E-state index contributed by atoms with van der Waals surface area (Å²) in [6, 6.07) is 22.9. The van der Waals surface area contributed by atoms with Gasteiger partial charge in [0.1, 0.15) is 12.4 Å². The summed E-state index contributed by atoms with van der Waals surface area (Å²) in [5.74, 6) is 0.548. The lowest BCUT2D eigenvalue weighted by Gasteiger charge is -2.10. The Balaban J connectivity index is 1.46. The maximum atomic E-state index is 13.0. The minimum Gasteiger partial charge on any atom is -0.489 e. The Morgan fingerprint density at radius 2 is 1.76 bits per heavy atom. The number of carbonyl (C=O) groups excluding carboxylic acids is 1. The summed E-state index contributed by atoms with van der Waals surface area (Å²) >= 11 is 5.92. The summed E-state index contributed by atoms with van der Waals surface area (Å²) in [4.78, 5) is 13.0. The van der Waals surface area contributed by atoms with Crippen LogP contribution in [0.2, 0.25) is 5.02 Å². The largest absolute Gasteiger partial charge is 0.489 e. The van der Waals surface area contributed by atoms with Crippen LogP contribution in [-0.2, 0) is 13.2 Å². The minimum atomic E-state index is -0.176. The Morgan fingerprint density at radius 1 is 1.00 bits per heavy atom. The number of nitrogens with one attached hydrogen (secondary N) is 1. The molecule has 4 aromatic rings. The molecule has 0 radical (unpaired) electrons. The quantitative estimate of drug-likeness (QED) is 0.350. The van der Waals surface area contributed by atoms with Gasteiger partial charge in [0, 0.05) is 10.6 Å². The van der Waals surface area contributed by atoms with Crippen molar-refractivity contribution in [2.75, 3.05) is 5.32 Å². The molecule has 1 aromatic heterocycles. The molecule has 33 heavy (non-hydrogen) atoms. The molecule has 1 heterocycles. The van der Waals surface area contributed by atoms with Crippen LogP contribution in [0, 0.1) is 20.8 Å². The molecule has 4 rings (SSSR count). The van der Waals surface area contributed by atoms with Crippen LogP contribution in [0.15, 0.2) is 72.8 Å². The van der Waals surface area contributed by atoms with Crippen molar-refractivity contribution in [1.82, 2.24) is 9.78 Å². The van der Waals surface area contributed by atoms with E-state index < -0.39 is 0 Å². The molecule has 0 saturated heterocycles. The van der Waals surface area contributed by atoms with E-state index in [2.05, 4.69) is 29.5 Å². The van der Waals surface area contributed by atoms with Gasteiger partial charge in [0.2, 0.25) is 0 Å². The fourth-order valence-corrected chi connectivity index (χ4v) is 3.79. The highest BCUT2D eigenvalue weighted by Gasteiger charge is 2.16. The van der Waals surface area contributed by atoms with Gasteiger partial charge < -0.3 is 10.1 Å². The predicted octanol–water partition coefficient (Wildman–Crippen LogP) is 6.34. The Morgan fingerprint density at radius 3 is 2.52 bits per heavy atom. The Labute approximate surface area is 199 Å². The van der Waals surface area contributed by atoms with E-state index in [1.807, 2.05) is 61.0 Å². The lowest BCUT2D eigenvalue weighted by molar-refractivity contribution is 0.102. The van der Waals surface area contributed by atoms with Crippen LogP contribution in [0.25, 0.3) is 0 Å². The van der Waals surface area contributed by atoms with Crippen molar-refractivity contribution in [2.24, 2.45) is 0 Å². The van der Waals surface area contributed by atoms with Gasteiger partial charge in [-0.3, -0.25) is 9.48 Å². The van der Waals surface area contributed by atoms with Crippen LogP contribution in [0.4, 0.5) is 5.69 Å². The summed E-state index contributed by atoms with van der Waals surface area (Å²) in [5.41, 5.74) is 6.35. The van der Waals surface area contributed by atoms with E-state index in [0.29, 0.717) is 23.7 Å². The lowest BCUT2D eigenvalue weighted by atomic mass is 10.1. The molecule has 0 aliphatic heterocycles. The summed E-state index contributed by atoms with van der Waals surface area (Å²) in [5, 5.41) is 8.36. The standard InChI is InChI=1S/C27H26ClN3O2/c1-18-7-4-5-9-23(18)16-31-20(3)26(19(2)30-31)29-27(32)22-10-6-8-21(15-22)17-33-25-13-11-24(28)12-14-25/h4-15H,16-17H2,1-3H3,(H,29,32). The van der Waals surface area contributed by atoms with Crippen molar-refractivity contribution < 1.29 is 9.53 Å². The number of amides is 1. The third-order valence-corrected chi connectivity index (χ3v) is 5.86. The molecular formula is C27H26ClN3O2. The van der Waals surface area contributed by atoms with E-state index in [1.165, 1.54) is 11.1 Å². The number of rotatable bonds is 7. The topological polar surface area (TPSA) is 56.2 Å². The first kappa shape index (κ1) is 22.6. The number of hydrogen-bond donors (Lipinski definition) is 1. The summed E-state index contributed by atoms with van der Waals surface area (Å²) < 4.78 is 7.74. The first-order valence-corrected chi connectivity index (χ1v) is 11.2. The molecule has 5 nitrogen and oxygen atoms in total. The van der Waals surface area contributed by atoms with Crippen molar-refractivity contribution in [3.8, 4) is 5.75 Å². The van der Waals surface area contributed by atoms with E-state index in [-0.39, 0.29) is 5.91 Å². The summed E-state index contributed by atoms with van der Waals surface area (Å²) in [7, 11) is 0. The van der Waals surface area contributed by atoms with Gasteiger partial charge in [-0.05, 0) is 73.9 Å². The number of hydrogen-bond acceptors (Lipinski definition) is 3. The number of ether oxygens (including phenoxy) is 1. The molecule has 0 unspecified atom stereocenters. The van der Waals surface area contributed by atoms with E-state index in [4.69, 9.17) is 16.3 Å². The van der Waals surface area contributed by atoms with Crippen LogP contribution < -0.4 is 10.1 Å². The smallest absolute Gasteiger partial charge is 0.255 e. The van der Waals surface area contributed by atoms with E-state index in [1.54, 1.807) is 18.2 Å². The number of aromatic nitrogens is 2. The molecular weight excluding hydrogens is 434 g/mol. The molecule has 0 aliphatic carbocycles. The van der Waals surface area contributed by atoms with Crippen molar-refractivity contribution in [3.63, 3.8) is 0 Å². The second-order valence-electron chi connectivity index (χ2n) is 8.03. The predicted molar refractivity (Wildman–Crippen MR) is 132 cm³/mol. The zero-order valence-electron chi connectivity index (χ0n) is 18.9. The maximum Gasteiger partial charge on any atom is 0.255 e. The van der Waals surface area contributed by atoms with Crippen molar-refractivity contribution in [2.45, 2.75) is 33.9 Å². The molecule has 0 aliphatic rings. The third kappa shape index (κ3) is 5.44. The van der Waals surface area contributed by atoms with Gasteiger partial charge in [0.15, 0.2) is 0 Å². The SMILES string of the molecule is Cc1ccccc1Cn1nc(C)c(NC(=O)c2cccc(COc3ccc(Cl)cc3)c2)c1C. The van der Waals surface area contributed by atoms with Crippen LogP contribution >= 0.6 is 11.6 Å². The monoisotopic (exact) mass is 459 g/mol. The van der Waals surface area contributed by atoms with Crippen molar-refractivity contribution >= 4 is 23.2 Å². The van der Waals surface area contributed by atoms with Gasteiger partial charge in [0.05, 0.1) is 23.6 Å². The number of nitrogens with zero attached hydrogens (tertiary/aromatic N) is 2. The van der Waals surface area contributed by atoms with Gasteiger partial charge >= 0.3 is 0 Å². The van der Waals surface area contributed by atoms with Gasteiger partial charge in [-0.1, -0.05) is 48.0 Å². The highest BCUT2D eigenvalue weighted by molar-refractivity contribution is 6.30. The second-order valence-corrected chi connectivity index (χ2v) is 8.46. The molecule has 1 N–H and O–H groups in total. The fraction of sp³-hybridized carbons (Fsp3) is 0.185. The molecule has 0 atom stereocenters. The van der Waals surface area contributed by atoms with Gasteiger partial charge in [0.25, 0.3) is 5.91 Å². The molecule has 3 aromatic carbocycles. The fourth-order valence-electron chi connectivity index (χ4n) is 3.67. The molecule has 0 fully saturated rings. The van der Waals surface area contributed by atoms with E-state index in [0.717, 1.165) is 28.4 Å². The van der Waals surface area contributed by atoms with Crippen LogP contribution in [0.3, 0.4) is 0 Å². The van der Waals surface area contributed by atoms with Gasteiger partial charge in [-0.2, -0.15) is 5.10 Å². The number of benzene rings is 3. The lowest BCUT2D eigenvalue weighted by Crippen LogP contribution is -2.14. The first-order valence-electron chi connectivity index (χ1n) is 10.8. The second kappa shape index (κ2) is 9.92. The normalized spacial score (nSPS) is 10.8. The van der Waals surface area contributed by atoms with Crippen LogP contribution in [0.5, 0.6) is 5.75 Å². The summed E-state index contributed by atoms with van der Waals surface area (Å²) in [6.45, 7) is 6.99. The third-order valence-electron chi connectivity index (χ3n) is 5.61. The number of carbonyl (C=O) groups is 1. The molecule has 0 bridgehead atoms. The van der Waals surface area contributed by atoms with Crippen LogP contribution in [-0.4, -0.2) is 15.7 Å². The Kier molecular flexibility index (Phi) is 6.80. The molecule has 1 amide bonds.